The fourth-order valence-electron chi connectivity index (χ4n) is 2.90. The molecule has 0 bridgehead atoms. The first-order valence-electron chi connectivity index (χ1n) is 9.08. The van der Waals surface area contributed by atoms with E-state index in [9.17, 15) is 0 Å². The van der Waals surface area contributed by atoms with Gasteiger partial charge in [0.2, 0.25) is 5.88 Å². The quantitative estimate of drug-likeness (QED) is 0.443. The van der Waals surface area contributed by atoms with E-state index in [0.29, 0.717) is 35.3 Å². The fourth-order valence-corrected chi connectivity index (χ4v) is 2.90. The van der Waals surface area contributed by atoms with E-state index in [4.69, 9.17) is 18.9 Å². The molecule has 0 aliphatic carbocycles. The Kier molecular flexibility index (Phi) is 5.42. The highest BCUT2D eigenvalue weighted by atomic mass is 16.5. The smallest absolute Gasteiger partial charge is 0.230 e. The van der Waals surface area contributed by atoms with Gasteiger partial charge < -0.3 is 18.9 Å². The molecule has 0 aliphatic heterocycles. The zero-order chi connectivity index (χ0) is 20.1. The summed E-state index contributed by atoms with van der Waals surface area (Å²) in [5.41, 5.74) is 1.82. The first kappa shape index (κ1) is 18.6. The monoisotopic (exact) mass is 388 g/mol. The number of nitrogens with zero attached hydrogens (tertiary/aromatic N) is 2. The zero-order valence-electron chi connectivity index (χ0n) is 16.2. The second-order valence-corrected chi connectivity index (χ2v) is 6.25. The molecule has 1 aromatic heterocycles. The van der Waals surface area contributed by atoms with Crippen molar-refractivity contribution in [1.29, 1.82) is 0 Å². The van der Waals surface area contributed by atoms with Gasteiger partial charge in [-0.1, -0.05) is 30.3 Å². The van der Waals surface area contributed by atoms with Gasteiger partial charge in [0.1, 0.15) is 24.4 Å². The van der Waals surface area contributed by atoms with Gasteiger partial charge in [0.25, 0.3) is 0 Å². The van der Waals surface area contributed by atoms with E-state index in [-0.39, 0.29) is 0 Å². The zero-order valence-corrected chi connectivity index (χ0v) is 16.2. The van der Waals surface area contributed by atoms with E-state index in [1.54, 1.807) is 26.4 Å². The van der Waals surface area contributed by atoms with Crippen LogP contribution in [0.2, 0.25) is 0 Å². The molecule has 0 unspecified atom stereocenters. The molecule has 146 valence electrons. The third-order valence-corrected chi connectivity index (χ3v) is 4.39. The van der Waals surface area contributed by atoms with Crippen LogP contribution in [0.1, 0.15) is 5.56 Å². The van der Waals surface area contributed by atoms with Crippen molar-refractivity contribution in [1.82, 2.24) is 9.97 Å². The highest BCUT2D eigenvalue weighted by Gasteiger charge is 2.12. The van der Waals surface area contributed by atoms with Gasteiger partial charge in [-0.15, -0.1) is 0 Å². The van der Waals surface area contributed by atoms with Crippen LogP contribution < -0.4 is 18.9 Å². The summed E-state index contributed by atoms with van der Waals surface area (Å²) in [7, 11) is 3.17. The molecule has 3 aromatic carbocycles. The number of benzene rings is 3. The van der Waals surface area contributed by atoms with Crippen LogP contribution in [-0.4, -0.2) is 24.2 Å². The maximum Gasteiger partial charge on any atom is 0.230 e. The normalized spacial score (nSPS) is 10.6. The van der Waals surface area contributed by atoms with Gasteiger partial charge in [-0.25, -0.2) is 9.97 Å². The molecule has 6 heteroatoms. The Hall–Kier alpha value is -3.80. The summed E-state index contributed by atoms with van der Waals surface area (Å²) in [4.78, 5) is 8.56. The molecule has 4 rings (SSSR count). The van der Waals surface area contributed by atoms with E-state index in [0.717, 1.165) is 16.7 Å². The molecule has 29 heavy (non-hydrogen) atoms. The molecule has 0 spiro atoms. The molecule has 0 aliphatic rings. The number of rotatable bonds is 7. The summed E-state index contributed by atoms with van der Waals surface area (Å²) in [6.45, 7) is 0.513. The number of fused-ring (bicyclic) bond motifs is 1. The summed E-state index contributed by atoms with van der Waals surface area (Å²) in [6, 6.07) is 21.0. The van der Waals surface area contributed by atoms with Gasteiger partial charge in [-0.05, 0) is 35.9 Å². The van der Waals surface area contributed by atoms with Gasteiger partial charge in [-0.2, -0.15) is 0 Å². The minimum absolute atomic E-state index is 0.439. The van der Waals surface area contributed by atoms with Crippen molar-refractivity contribution in [3.8, 4) is 28.9 Å². The van der Waals surface area contributed by atoms with E-state index in [2.05, 4.69) is 9.97 Å². The average Bonchev–Trinajstić information content (AvgIpc) is 2.78. The fraction of sp³-hybridized carbons (Fsp3) is 0.130. The molecule has 0 radical (unpaired) electrons. The molecule has 1 heterocycles. The molecular weight excluding hydrogens is 368 g/mol. The van der Waals surface area contributed by atoms with E-state index >= 15 is 0 Å². The van der Waals surface area contributed by atoms with Crippen molar-refractivity contribution in [2.24, 2.45) is 0 Å². The summed E-state index contributed by atoms with van der Waals surface area (Å²) in [5, 5.41) is 0.731. The molecule has 0 atom stereocenters. The van der Waals surface area contributed by atoms with Gasteiger partial charge in [0.05, 0.1) is 25.1 Å². The summed E-state index contributed by atoms with van der Waals surface area (Å²) in [5.74, 6) is 3.04. The minimum atomic E-state index is 0.439. The van der Waals surface area contributed by atoms with Crippen LogP contribution in [0.4, 0.5) is 0 Å². The van der Waals surface area contributed by atoms with E-state index in [1.165, 1.54) is 6.33 Å². The second-order valence-electron chi connectivity index (χ2n) is 6.25. The van der Waals surface area contributed by atoms with E-state index in [1.807, 2.05) is 54.6 Å². The largest absolute Gasteiger partial charge is 0.493 e. The lowest BCUT2D eigenvalue weighted by Crippen LogP contribution is -1.96. The Morgan fingerprint density at radius 3 is 2.17 bits per heavy atom. The van der Waals surface area contributed by atoms with Crippen molar-refractivity contribution >= 4 is 10.9 Å². The molecule has 0 saturated heterocycles. The Labute approximate surface area is 168 Å². The van der Waals surface area contributed by atoms with Crippen LogP contribution in [0, 0.1) is 0 Å². The molecule has 6 nitrogen and oxygen atoms in total. The van der Waals surface area contributed by atoms with Gasteiger partial charge in [0.15, 0.2) is 11.5 Å². The van der Waals surface area contributed by atoms with Crippen LogP contribution >= 0.6 is 0 Å². The lowest BCUT2D eigenvalue weighted by molar-refractivity contribution is 0.305. The van der Waals surface area contributed by atoms with Crippen LogP contribution in [0.15, 0.2) is 73.1 Å². The maximum atomic E-state index is 5.98. The number of hydrogen-bond donors (Lipinski definition) is 0. The second kappa shape index (κ2) is 8.48. The predicted molar refractivity (Wildman–Crippen MR) is 110 cm³/mol. The Morgan fingerprint density at radius 2 is 1.45 bits per heavy atom. The minimum Gasteiger partial charge on any atom is -0.493 e. The molecular formula is C23H20N2O4. The SMILES string of the molecule is COc1cc2ncnc(Oc3ccc(OCc4ccccc4)cc3)c2cc1OC. The Morgan fingerprint density at radius 1 is 0.759 bits per heavy atom. The third-order valence-electron chi connectivity index (χ3n) is 4.39. The highest BCUT2D eigenvalue weighted by molar-refractivity contribution is 5.87. The molecule has 4 aromatic rings. The van der Waals surface area contributed by atoms with Crippen LogP contribution in [0.3, 0.4) is 0 Å². The predicted octanol–water partition coefficient (Wildman–Crippen LogP) is 5.02. The third kappa shape index (κ3) is 4.21. The Balaban J connectivity index is 1.52. The Bertz CT molecular complexity index is 1100. The van der Waals surface area contributed by atoms with Gasteiger partial charge >= 0.3 is 0 Å². The lowest BCUT2D eigenvalue weighted by Gasteiger charge is -2.12. The first-order chi connectivity index (χ1) is 14.3. The number of ether oxygens (including phenoxy) is 4. The van der Waals surface area contributed by atoms with Gasteiger partial charge in [-0.3, -0.25) is 0 Å². The van der Waals surface area contributed by atoms with Crippen molar-refractivity contribution in [3.05, 3.63) is 78.6 Å². The van der Waals surface area contributed by atoms with Crippen LogP contribution in [0.5, 0.6) is 28.9 Å². The van der Waals surface area contributed by atoms with Gasteiger partial charge in [0, 0.05) is 6.07 Å². The standard InChI is InChI=1S/C23H20N2O4/c1-26-21-12-19-20(13-22(21)27-2)24-15-25-23(19)29-18-10-8-17(9-11-18)28-14-16-6-4-3-5-7-16/h3-13,15H,14H2,1-2H3. The number of aromatic nitrogens is 2. The van der Waals surface area contributed by atoms with Crippen molar-refractivity contribution < 1.29 is 18.9 Å². The van der Waals surface area contributed by atoms with Crippen molar-refractivity contribution in [2.45, 2.75) is 6.61 Å². The lowest BCUT2D eigenvalue weighted by atomic mass is 10.2. The first-order valence-corrected chi connectivity index (χ1v) is 9.08. The summed E-state index contributed by atoms with van der Waals surface area (Å²) in [6.07, 6.45) is 1.46. The molecule has 0 N–H and O–H groups in total. The molecule has 0 saturated carbocycles. The topological polar surface area (TPSA) is 62.7 Å². The van der Waals surface area contributed by atoms with Crippen molar-refractivity contribution in [3.63, 3.8) is 0 Å². The average molecular weight is 388 g/mol. The number of hydrogen-bond acceptors (Lipinski definition) is 6. The van der Waals surface area contributed by atoms with Crippen molar-refractivity contribution in [2.75, 3.05) is 14.2 Å². The highest BCUT2D eigenvalue weighted by Crippen LogP contribution is 2.35. The molecule has 0 fully saturated rings. The van der Waals surface area contributed by atoms with Crippen LogP contribution in [0.25, 0.3) is 10.9 Å². The maximum absolute atomic E-state index is 5.98. The van der Waals surface area contributed by atoms with Crippen LogP contribution in [-0.2, 0) is 6.61 Å². The number of methoxy groups -OCH3 is 2. The van der Waals surface area contributed by atoms with E-state index < -0.39 is 0 Å². The molecule has 0 amide bonds. The summed E-state index contributed by atoms with van der Waals surface area (Å²) >= 11 is 0. The summed E-state index contributed by atoms with van der Waals surface area (Å²) < 4.78 is 22.5.